The van der Waals surface area contributed by atoms with Crippen molar-refractivity contribution in [2.24, 2.45) is 5.92 Å². The quantitative estimate of drug-likeness (QED) is 0.566. The number of rotatable bonds is 7. The summed E-state index contributed by atoms with van der Waals surface area (Å²) in [7, 11) is -3.28. The first kappa shape index (κ1) is 23.9. The summed E-state index contributed by atoms with van der Waals surface area (Å²) in [5.74, 6) is 2.02. The van der Waals surface area contributed by atoms with Crippen LogP contribution in [0, 0.1) is 5.92 Å². The Bertz CT molecular complexity index is 1170. The molecule has 3 aliphatic rings. The molecule has 5 rings (SSSR count). The maximum Gasteiger partial charge on any atom is 0.232 e. The first-order valence-electron chi connectivity index (χ1n) is 12.3. The van der Waals surface area contributed by atoms with E-state index in [0.29, 0.717) is 11.9 Å². The van der Waals surface area contributed by atoms with Crippen LogP contribution in [-0.2, 0) is 27.7 Å². The number of aryl methyl sites for hydroxylation is 1. The van der Waals surface area contributed by atoms with E-state index in [2.05, 4.69) is 43.6 Å². The highest BCUT2D eigenvalue weighted by molar-refractivity contribution is 7.88. The molecular formula is C24H33N7O3S. The van der Waals surface area contributed by atoms with Crippen LogP contribution in [0.4, 0.5) is 11.9 Å². The molecule has 0 aromatic carbocycles. The summed E-state index contributed by atoms with van der Waals surface area (Å²) >= 11 is 0. The van der Waals surface area contributed by atoms with Crippen LogP contribution in [0.2, 0.25) is 0 Å². The summed E-state index contributed by atoms with van der Waals surface area (Å²) in [6, 6.07) is 0. The van der Waals surface area contributed by atoms with Crippen molar-refractivity contribution < 1.29 is 13.2 Å². The molecular weight excluding hydrogens is 466 g/mol. The molecule has 0 bridgehead atoms. The summed E-state index contributed by atoms with van der Waals surface area (Å²) in [5.41, 5.74) is 2.74. The average molecular weight is 500 g/mol. The highest BCUT2D eigenvalue weighted by Gasteiger charge is 2.34. The van der Waals surface area contributed by atoms with E-state index in [4.69, 9.17) is 4.74 Å². The van der Waals surface area contributed by atoms with Gasteiger partial charge in [-0.3, -0.25) is 4.31 Å². The minimum Gasteiger partial charge on any atom is -0.371 e. The molecule has 5 heterocycles. The van der Waals surface area contributed by atoms with Crippen molar-refractivity contribution in [3.8, 4) is 0 Å². The zero-order valence-electron chi connectivity index (χ0n) is 20.5. The lowest BCUT2D eigenvalue weighted by molar-refractivity contribution is -0.0493. The molecule has 1 unspecified atom stereocenters. The van der Waals surface area contributed by atoms with E-state index < -0.39 is 10.0 Å². The van der Waals surface area contributed by atoms with Crippen LogP contribution in [0.25, 0.3) is 6.08 Å². The Morgan fingerprint density at radius 1 is 1.06 bits per heavy atom. The minimum atomic E-state index is -3.28. The molecule has 10 nitrogen and oxygen atoms in total. The van der Waals surface area contributed by atoms with Crippen LogP contribution in [0.3, 0.4) is 0 Å². The lowest BCUT2D eigenvalue weighted by Gasteiger charge is -2.42. The lowest BCUT2D eigenvalue weighted by Crippen LogP contribution is -2.55. The average Bonchev–Trinajstić information content (AvgIpc) is 2.85. The third-order valence-corrected chi connectivity index (χ3v) is 8.26. The van der Waals surface area contributed by atoms with Gasteiger partial charge in [0.05, 0.1) is 30.7 Å². The molecule has 0 N–H and O–H groups in total. The molecule has 0 spiro atoms. The van der Waals surface area contributed by atoms with Crippen LogP contribution in [0.5, 0.6) is 0 Å². The molecule has 1 atom stereocenters. The molecule has 11 heteroatoms. The van der Waals surface area contributed by atoms with Gasteiger partial charge in [-0.25, -0.2) is 28.4 Å². The van der Waals surface area contributed by atoms with E-state index >= 15 is 0 Å². The topological polar surface area (TPSA) is 105 Å². The second-order valence-corrected chi connectivity index (χ2v) is 11.6. The summed E-state index contributed by atoms with van der Waals surface area (Å²) in [6.07, 6.45) is 13.5. The molecule has 0 radical (unpaired) electrons. The summed E-state index contributed by atoms with van der Waals surface area (Å²) in [4.78, 5) is 22.5. The number of piperidine rings is 1. The van der Waals surface area contributed by atoms with E-state index in [1.165, 1.54) is 10.6 Å². The molecule has 0 saturated carbocycles. The fraction of sp³-hybridized carbons (Fsp3) is 0.583. The maximum absolute atomic E-state index is 11.8. The fourth-order valence-electron chi connectivity index (χ4n) is 4.80. The van der Waals surface area contributed by atoms with Gasteiger partial charge in [0.2, 0.25) is 21.9 Å². The van der Waals surface area contributed by atoms with Crippen molar-refractivity contribution in [3.05, 3.63) is 41.6 Å². The SMILES string of the molecule is CCc1cnc(N2CCC(C(C)OC3CN(c4ncc5c(n4)C=CN(S(C)(=O)=O)C5)C3)CC2)nc1. The summed E-state index contributed by atoms with van der Waals surface area (Å²) < 4.78 is 31.2. The van der Waals surface area contributed by atoms with Crippen molar-refractivity contribution >= 4 is 28.0 Å². The number of hydrogen-bond acceptors (Lipinski definition) is 9. The number of nitrogens with zero attached hydrogens (tertiary/aromatic N) is 7. The largest absolute Gasteiger partial charge is 0.371 e. The van der Waals surface area contributed by atoms with Gasteiger partial charge < -0.3 is 14.5 Å². The Labute approximate surface area is 207 Å². The Kier molecular flexibility index (Phi) is 6.63. The summed E-state index contributed by atoms with van der Waals surface area (Å²) in [6.45, 7) is 7.99. The molecule has 2 aromatic rings. The fourth-order valence-corrected chi connectivity index (χ4v) is 5.45. The summed E-state index contributed by atoms with van der Waals surface area (Å²) in [5, 5.41) is 0. The molecule has 0 aliphatic carbocycles. The van der Waals surface area contributed by atoms with Gasteiger partial charge in [0.1, 0.15) is 0 Å². The molecule has 2 fully saturated rings. The van der Waals surface area contributed by atoms with E-state index in [0.717, 1.165) is 68.2 Å². The third kappa shape index (κ3) is 5.25. The molecule has 35 heavy (non-hydrogen) atoms. The van der Waals surface area contributed by atoms with Crippen LogP contribution >= 0.6 is 0 Å². The van der Waals surface area contributed by atoms with Gasteiger partial charge in [-0.2, -0.15) is 0 Å². The van der Waals surface area contributed by atoms with E-state index in [-0.39, 0.29) is 18.8 Å². The van der Waals surface area contributed by atoms with Gasteiger partial charge in [0.15, 0.2) is 0 Å². The minimum absolute atomic E-state index is 0.170. The van der Waals surface area contributed by atoms with E-state index in [1.807, 2.05) is 12.4 Å². The third-order valence-electron chi connectivity index (χ3n) is 7.16. The van der Waals surface area contributed by atoms with Crippen molar-refractivity contribution in [1.29, 1.82) is 0 Å². The first-order valence-corrected chi connectivity index (χ1v) is 14.1. The van der Waals surface area contributed by atoms with Crippen molar-refractivity contribution in [3.63, 3.8) is 0 Å². The molecule has 3 aliphatic heterocycles. The first-order chi connectivity index (χ1) is 16.8. The van der Waals surface area contributed by atoms with Crippen LogP contribution < -0.4 is 9.80 Å². The van der Waals surface area contributed by atoms with Crippen molar-refractivity contribution in [2.45, 2.75) is 51.9 Å². The van der Waals surface area contributed by atoms with Crippen LogP contribution in [-0.4, -0.2) is 77.3 Å². The Balaban J connectivity index is 1.09. The normalized spacial score (nSPS) is 20.0. The van der Waals surface area contributed by atoms with Gasteiger partial charge in [-0.1, -0.05) is 6.92 Å². The van der Waals surface area contributed by atoms with Crippen molar-refractivity contribution in [2.75, 3.05) is 42.2 Å². The second kappa shape index (κ2) is 9.69. The highest BCUT2D eigenvalue weighted by atomic mass is 32.2. The number of ether oxygens (including phenoxy) is 1. The van der Waals surface area contributed by atoms with Gasteiger partial charge in [0, 0.05) is 56.5 Å². The smallest absolute Gasteiger partial charge is 0.232 e. The maximum atomic E-state index is 11.8. The number of sulfonamides is 1. The number of anilines is 2. The predicted octanol–water partition coefficient (Wildman–Crippen LogP) is 2.09. The second-order valence-electron chi connectivity index (χ2n) is 9.64. The van der Waals surface area contributed by atoms with Crippen LogP contribution in [0.1, 0.15) is 43.5 Å². The monoisotopic (exact) mass is 499 g/mol. The Hall–Kier alpha value is -2.79. The number of fused-ring (bicyclic) bond motifs is 1. The molecule has 0 amide bonds. The van der Waals surface area contributed by atoms with Gasteiger partial charge in [-0.05, 0) is 43.7 Å². The number of aromatic nitrogens is 4. The van der Waals surface area contributed by atoms with E-state index in [1.54, 1.807) is 18.5 Å². The Morgan fingerprint density at radius 3 is 2.40 bits per heavy atom. The number of hydrogen-bond donors (Lipinski definition) is 0. The lowest BCUT2D eigenvalue weighted by atomic mass is 9.92. The molecule has 2 aromatic heterocycles. The molecule has 188 valence electrons. The standard InChI is InChI=1S/C24H33N7O3S/c1-4-18-11-25-23(26-12-18)29-8-5-19(6-9-29)17(2)34-21-15-30(16-21)24-27-13-20-14-31(35(3,32)33)10-7-22(20)28-24/h7,10-13,17,19,21H,4-6,8-9,14-16H2,1-3H3. The van der Waals surface area contributed by atoms with Gasteiger partial charge in [0.25, 0.3) is 0 Å². The zero-order chi connectivity index (χ0) is 24.6. The zero-order valence-corrected chi connectivity index (χ0v) is 21.4. The highest BCUT2D eigenvalue weighted by Crippen LogP contribution is 2.29. The van der Waals surface area contributed by atoms with Gasteiger partial charge >= 0.3 is 0 Å². The van der Waals surface area contributed by atoms with E-state index in [9.17, 15) is 8.42 Å². The van der Waals surface area contributed by atoms with Crippen molar-refractivity contribution in [1.82, 2.24) is 24.2 Å². The van der Waals surface area contributed by atoms with Gasteiger partial charge in [-0.15, -0.1) is 0 Å². The molecule has 2 saturated heterocycles. The predicted molar refractivity (Wildman–Crippen MR) is 134 cm³/mol. The van der Waals surface area contributed by atoms with Crippen LogP contribution in [0.15, 0.2) is 24.8 Å². The Morgan fingerprint density at radius 2 is 1.74 bits per heavy atom.